The van der Waals surface area contributed by atoms with Crippen molar-refractivity contribution >= 4 is 5.78 Å². The third-order valence-corrected chi connectivity index (χ3v) is 1.84. The van der Waals surface area contributed by atoms with E-state index in [-0.39, 0.29) is 17.9 Å². The van der Waals surface area contributed by atoms with Crippen molar-refractivity contribution in [2.24, 2.45) is 0 Å². The summed E-state index contributed by atoms with van der Waals surface area (Å²) < 4.78 is 36.6. The SMILES string of the molecule is C=C(C)CC(=O)c1ccc(C(F)(F)F)cn1. The van der Waals surface area contributed by atoms with Gasteiger partial charge in [0.05, 0.1) is 5.56 Å². The van der Waals surface area contributed by atoms with Gasteiger partial charge in [-0.05, 0) is 19.1 Å². The number of carbonyl (C=O) groups is 1. The summed E-state index contributed by atoms with van der Waals surface area (Å²) in [5.41, 5.74) is -0.193. The Morgan fingerprint density at radius 1 is 1.44 bits per heavy atom. The first-order valence-electron chi connectivity index (χ1n) is 4.51. The van der Waals surface area contributed by atoms with Crippen molar-refractivity contribution in [2.75, 3.05) is 0 Å². The molecule has 86 valence electrons. The molecule has 0 aliphatic carbocycles. The fourth-order valence-corrected chi connectivity index (χ4v) is 1.09. The zero-order valence-electron chi connectivity index (χ0n) is 8.64. The fraction of sp³-hybridized carbons (Fsp3) is 0.273. The Bertz CT molecular complexity index is 406. The van der Waals surface area contributed by atoms with E-state index in [1.807, 2.05) is 0 Å². The van der Waals surface area contributed by atoms with Gasteiger partial charge >= 0.3 is 6.18 Å². The van der Waals surface area contributed by atoms with Crippen LogP contribution in [-0.4, -0.2) is 10.8 Å². The van der Waals surface area contributed by atoms with Gasteiger partial charge in [-0.25, -0.2) is 0 Å². The number of nitrogens with zero attached hydrogens (tertiary/aromatic N) is 1. The molecule has 1 rings (SSSR count). The number of allylic oxidation sites excluding steroid dienone is 1. The van der Waals surface area contributed by atoms with Crippen LogP contribution in [-0.2, 0) is 6.18 Å². The molecule has 0 saturated heterocycles. The standard InChI is InChI=1S/C11H10F3NO/c1-7(2)5-10(16)9-4-3-8(6-15-9)11(12,13)14/h3-4,6H,1,5H2,2H3. The van der Waals surface area contributed by atoms with Gasteiger partial charge in [-0.15, -0.1) is 0 Å². The number of halogens is 3. The van der Waals surface area contributed by atoms with Crippen LogP contribution in [0.15, 0.2) is 30.5 Å². The van der Waals surface area contributed by atoms with Crippen molar-refractivity contribution in [2.45, 2.75) is 19.5 Å². The highest BCUT2D eigenvalue weighted by Crippen LogP contribution is 2.28. The van der Waals surface area contributed by atoms with Crippen LogP contribution in [0.3, 0.4) is 0 Å². The minimum Gasteiger partial charge on any atom is -0.292 e. The molecule has 16 heavy (non-hydrogen) atoms. The predicted octanol–water partition coefficient (Wildman–Crippen LogP) is 3.25. The van der Waals surface area contributed by atoms with E-state index in [1.165, 1.54) is 0 Å². The Balaban J connectivity index is 2.87. The first-order chi connectivity index (χ1) is 7.30. The van der Waals surface area contributed by atoms with Crippen molar-refractivity contribution in [3.8, 4) is 0 Å². The molecule has 0 saturated carbocycles. The van der Waals surface area contributed by atoms with E-state index in [0.29, 0.717) is 11.8 Å². The number of ketones is 1. The van der Waals surface area contributed by atoms with Gasteiger partial charge in [0.1, 0.15) is 5.69 Å². The molecule has 0 N–H and O–H groups in total. The molecule has 0 unspecified atom stereocenters. The summed E-state index contributed by atoms with van der Waals surface area (Å²) in [6.45, 7) is 5.22. The van der Waals surface area contributed by atoms with Gasteiger partial charge in [0.15, 0.2) is 5.78 Å². The van der Waals surface area contributed by atoms with Crippen LogP contribution in [0.25, 0.3) is 0 Å². The Hall–Kier alpha value is -1.65. The summed E-state index contributed by atoms with van der Waals surface area (Å²) >= 11 is 0. The molecule has 0 amide bonds. The maximum atomic E-state index is 12.2. The Morgan fingerprint density at radius 3 is 2.44 bits per heavy atom. The van der Waals surface area contributed by atoms with Gasteiger partial charge in [0.2, 0.25) is 0 Å². The van der Waals surface area contributed by atoms with E-state index < -0.39 is 11.7 Å². The van der Waals surface area contributed by atoms with E-state index in [2.05, 4.69) is 11.6 Å². The quantitative estimate of drug-likeness (QED) is 0.588. The number of Topliss-reactive ketones (excluding diaryl/α,β-unsaturated/α-hetero) is 1. The summed E-state index contributed by atoms with van der Waals surface area (Å²) in [6.07, 6.45) is -3.67. The average molecular weight is 229 g/mol. The van der Waals surface area contributed by atoms with E-state index in [0.717, 1.165) is 12.1 Å². The first kappa shape index (κ1) is 12.4. The lowest BCUT2D eigenvalue weighted by atomic mass is 10.1. The molecule has 0 atom stereocenters. The molecule has 1 heterocycles. The molecule has 5 heteroatoms. The van der Waals surface area contributed by atoms with Crippen molar-refractivity contribution < 1.29 is 18.0 Å². The van der Waals surface area contributed by atoms with Crippen LogP contribution in [0.4, 0.5) is 13.2 Å². The lowest BCUT2D eigenvalue weighted by Crippen LogP contribution is -2.08. The zero-order chi connectivity index (χ0) is 12.3. The highest BCUT2D eigenvalue weighted by atomic mass is 19.4. The Kier molecular flexibility index (Phi) is 3.47. The number of rotatable bonds is 3. The van der Waals surface area contributed by atoms with Gasteiger partial charge in [-0.1, -0.05) is 12.2 Å². The van der Waals surface area contributed by atoms with Crippen LogP contribution < -0.4 is 0 Å². The maximum absolute atomic E-state index is 12.2. The maximum Gasteiger partial charge on any atom is 0.417 e. The molecule has 0 aliphatic heterocycles. The lowest BCUT2D eigenvalue weighted by Gasteiger charge is -2.06. The topological polar surface area (TPSA) is 30.0 Å². The van der Waals surface area contributed by atoms with Gasteiger partial charge in [0, 0.05) is 12.6 Å². The molecule has 0 bridgehead atoms. The van der Waals surface area contributed by atoms with Crippen LogP contribution in [0.1, 0.15) is 29.4 Å². The second-order valence-corrected chi connectivity index (χ2v) is 3.49. The first-order valence-corrected chi connectivity index (χ1v) is 4.51. The number of alkyl halides is 3. The molecular weight excluding hydrogens is 219 g/mol. The molecule has 0 aromatic carbocycles. The van der Waals surface area contributed by atoms with Gasteiger partial charge < -0.3 is 0 Å². The number of hydrogen-bond acceptors (Lipinski definition) is 2. The zero-order valence-corrected chi connectivity index (χ0v) is 8.64. The molecule has 0 radical (unpaired) electrons. The minimum atomic E-state index is -4.43. The summed E-state index contributed by atoms with van der Waals surface area (Å²) in [6, 6.07) is 1.92. The predicted molar refractivity (Wildman–Crippen MR) is 53.0 cm³/mol. The smallest absolute Gasteiger partial charge is 0.292 e. The number of aromatic nitrogens is 1. The second-order valence-electron chi connectivity index (χ2n) is 3.49. The van der Waals surface area contributed by atoms with E-state index in [4.69, 9.17) is 0 Å². The van der Waals surface area contributed by atoms with E-state index >= 15 is 0 Å². The molecule has 0 fully saturated rings. The van der Waals surface area contributed by atoms with Crippen LogP contribution in [0.5, 0.6) is 0 Å². The summed E-state index contributed by atoms with van der Waals surface area (Å²) in [7, 11) is 0. The molecule has 1 aromatic heterocycles. The van der Waals surface area contributed by atoms with Gasteiger partial charge in [-0.2, -0.15) is 13.2 Å². The number of carbonyl (C=O) groups excluding carboxylic acids is 1. The molecule has 2 nitrogen and oxygen atoms in total. The normalized spacial score (nSPS) is 11.2. The van der Waals surface area contributed by atoms with E-state index in [9.17, 15) is 18.0 Å². The summed E-state index contributed by atoms with van der Waals surface area (Å²) in [5, 5.41) is 0. The highest BCUT2D eigenvalue weighted by Gasteiger charge is 2.30. The minimum absolute atomic E-state index is 0.0241. The van der Waals surface area contributed by atoms with Gasteiger partial charge in [0.25, 0.3) is 0 Å². The molecule has 0 aliphatic rings. The number of pyridine rings is 1. The third-order valence-electron chi connectivity index (χ3n) is 1.84. The Morgan fingerprint density at radius 2 is 2.06 bits per heavy atom. The lowest BCUT2D eigenvalue weighted by molar-refractivity contribution is -0.137. The van der Waals surface area contributed by atoms with Gasteiger partial charge in [-0.3, -0.25) is 9.78 Å². The summed E-state index contributed by atoms with van der Waals surface area (Å²) in [5.74, 6) is -0.332. The molecular formula is C11H10F3NO. The average Bonchev–Trinajstić information content (AvgIpc) is 2.15. The monoisotopic (exact) mass is 229 g/mol. The van der Waals surface area contributed by atoms with E-state index in [1.54, 1.807) is 6.92 Å². The number of hydrogen-bond donors (Lipinski definition) is 0. The molecule has 0 spiro atoms. The van der Waals surface area contributed by atoms with Crippen molar-refractivity contribution in [3.05, 3.63) is 41.7 Å². The van der Waals surface area contributed by atoms with Crippen molar-refractivity contribution in [3.63, 3.8) is 0 Å². The second kappa shape index (κ2) is 4.47. The Labute approximate surface area is 90.8 Å². The van der Waals surface area contributed by atoms with Crippen LogP contribution in [0, 0.1) is 0 Å². The van der Waals surface area contributed by atoms with Crippen molar-refractivity contribution in [1.82, 2.24) is 4.98 Å². The van der Waals surface area contributed by atoms with Crippen molar-refractivity contribution in [1.29, 1.82) is 0 Å². The largest absolute Gasteiger partial charge is 0.417 e. The van der Waals surface area contributed by atoms with Crippen LogP contribution >= 0.6 is 0 Å². The summed E-state index contributed by atoms with van der Waals surface area (Å²) in [4.78, 5) is 14.9. The third kappa shape index (κ3) is 3.18. The van der Waals surface area contributed by atoms with Crippen LogP contribution in [0.2, 0.25) is 0 Å². The fourth-order valence-electron chi connectivity index (χ4n) is 1.09. The highest BCUT2D eigenvalue weighted by molar-refractivity contribution is 5.95. The molecule has 1 aromatic rings.